The molecule has 6 heteroatoms. The van der Waals surface area contributed by atoms with Gasteiger partial charge in [-0.05, 0) is 38.0 Å². The van der Waals surface area contributed by atoms with Crippen molar-refractivity contribution in [2.75, 3.05) is 6.61 Å². The zero-order valence-electron chi connectivity index (χ0n) is 17.1. The van der Waals surface area contributed by atoms with Gasteiger partial charge in [-0.15, -0.1) is 0 Å². The zero-order valence-corrected chi connectivity index (χ0v) is 17.9. The Morgan fingerprint density at radius 2 is 1.83 bits per heavy atom. The number of ether oxygens (including phenoxy) is 1. The van der Waals surface area contributed by atoms with E-state index in [1.165, 1.54) is 11.3 Å². The average molecular weight is 419 g/mol. The number of nitrogens with zero attached hydrogens (tertiary/aromatic N) is 2. The van der Waals surface area contributed by atoms with E-state index in [-0.39, 0.29) is 12.2 Å². The fraction of sp³-hybridized carbons (Fsp3) is 0.208. The molecule has 4 rings (SSSR count). The molecular formula is C24H22N2O3S. The Balaban J connectivity index is 1.94. The number of aryl methyl sites for hydroxylation is 1. The molecule has 0 radical (unpaired) electrons. The second-order valence-electron chi connectivity index (χ2n) is 7.12. The molecule has 0 amide bonds. The molecule has 1 aliphatic heterocycles. The fourth-order valence-electron chi connectivity index (χ4n) is 3.56. The minimum absolute atomic E-state index is 0.164. The molecule has 30 heavy (non-hydrogen) atoms. The Morgan fingerprint density at radius 1 is 1.13 bits per heavy atom. The smallest absolute Gasteiger partial charge is 0.338 e. The van der Waals surface area contributed by atoms with Gasteiger partial charge in [0.1, 0.15) is 0 Å². The second kappa shape index (κ2) is 8.24. The first-order chi connectivity index (χ1) is 14.5. The van der Waals surface area contributed by atoms with E-state index in [1.54, 1.807) is 18.4 Å². The number of benzene rings is 2. The van der Waals surface area contributed by atoms with Crippen molar-refractivity contribution in [3.05, 3.63) is 102 Å². The van der Waals surface area contributed by atoms with Crippen LogP contribution in [0.25, 0.3) is 6.08 Å². The molecule has 1 unspecified atom stereocenters. The molecule has 0 spiro atoms. The molecule has 1 aromatic heterocycles. The number of carbonyl (C=O) groups is 1. The molecule has 0 N–H and O–H groups in total. The van der Waals surface area contributed by atoms with Crippen LogP contribution in [0.3, 0.4) is 0 Å². The molecule has 2 aromatic carbocycles. The first-order valence-corrected chi connectivity index (χ1v) is 10.6. The van der Waals surface area contributed by atoms with Gasteiger partial charge in [-0.3, -0.25) is 9.36 Å². The largest absolute Gasteiger partial charge is 0.463 e. The summed E-state index contributed by atoms with van der Waals surface area (Å²) in [5.41, 5.74) is 3.76. The van der Waals surface area contributed by atoms with Crippen LogP contribution >= 0.6 is 11.3 Å². The molecular weight excluding hydrogens is 396 g/mol. The fourth-order valence-corrected chi connectivity index (χ4v) is 4.60. The van der Waals surface area contributed by atoms with E-state index in [9.17, 15) is 9.59 Å². The normalized spacial score (nSPS) is 16.2. The van der Waals surface area contributed by atoms with E-state index in [1.807, 2.05) is 67.6 Å². The lowest BCUT2D eigenvalue weighted by Gasteiger charge is -2.24. The predicted molar refractivity (Wildman–Crippen MR) is 118 cm³/mol. The quantitative estimate of drug-likeness (QED) is 0.612. The summed E-state index contributed by atoms with van der Waals surface area (Å²) in [6.45, 7) is 5.84. The summed E-state index contributed by atoms with van der Waals surface area (Å²) in [6.07, 6.45) is 1.87. The maximum Gasteiger partial charge on any atom is 0.338 e. The minimum Gasteiger partial charge on any atom is -0.463 e. The van der Waals surface area contributed by atoms with Crippen LogP contribution in [0.1, 0.15) is 36.6 Å². The summed E-state index contributed by atoms with van der Waals surface area (Å²) in [7, 11) is 0. The van der Waals surface area contributed by atoms with Gasteiger partial charge in [0.25, 0.3) is 5.56 Å². The van der Waals surface area contributed by atoms with Gasteiger partial charge in [-0.1, -0.05) is 71.5 Å². The Kier molecular flexibility index (Phi) is 5.50. The lowest BCUT2D eigenvalue weighted by Crippen LogP contribution is -2.39. The number of carbonyl (C=O) groups excluding carboxylic acids is 1. The van der Waals surface area contributed by atoms with Crippen LogP contribution in [0.5, 0.6) is 0 Å². The topological polar surface area (TPSA) is 60.7 Å². The van der Waals surface area contributed by atoms with Gasteiger partial charge >= 0.3 is 5.97 Å². The van der Waals surface area contributed by atoms with Gasteiger partial charge in [-0.2, -0.15) is 0 Å². The number of fused-ring (bicyclic) bond motifs is 1. The van der Waals surface area contributed by atoms with Gasteiger partial charge < -0.3 is 4.74 Å². The van der Waals surface area contributed by atoms with Crippen LogP contribution in [0.2, 0.25) is 0 Å². The van der Waals surface area contributed by atoms with Crippen LogP contribution in [0.15, 0.2) is 75.7 Å². The third kappa shape index (κ3) is 3.66. The van der Waals surface area contributed by atoms with E-state index >= 15 is 0 Å². The molecule has 1 atom stereocenters. The van der Waals surface area contributed by atoms with E-state index in [0.717, 1.165) is 16.7 Å². The molecule has 0 saturated heterocycles. The molecule has 0 bridgehead atoms. The molecule has 5 nitrogen and oxygen atoms in total. The highest BCUT2D eigenvalue weighted by atomic mass is 32.1. The number of aromatic nitrogens is 1. The van der Waals surface area contributed by atoms with Crippen molar-refractivity contribution in [1.82, 2.24) is 4.57 Å². The van der Waals surface area contributed by atoms with E-state index in [0.29, 0.717) is 20.6 Å². The van der Waals surface area contributed by atoms with Crippen LogP contribution in [0, 0.1) is 6.92 Å². The summed E-state index contributed by atoms with van der Waals surface area (Å²) in [5.74, 6) is -0.444. The predicted octanol–water partition coefficient (Wildman–Crippen LogP) is 3.11. The zero-order chi connectivity index (χ0) is 21.3. The van der Waals surface area contributed by atoms with Crippen molar-refractivity contribution in [2.24, 2.45) is 4.99 Å². The second-order valence-corrected chi connectivity index (χ2v) is 8.13. The summed E-state index contributed by atoms with van der Waals surface area (Å²) in [6, 6.07) is 17.0. The number of rotatable bonds is 4. The Morgan fingerprint density at radius 3 is 2.50 bits per heavy atom. The van der Waals surface area contributed by atoms with Crippen LogP contribution in [0.4, 0.5) is 0 Å². The van der Waals surface area contributed by atoms with Gasteiger partial charge in [0.15, 0.2) is 4.80 Å². The first-order valence-electron chi connectivity index (χ1n) is 9.81. The van der Waals surface area contributed by atoms with Crippen molar-refractivity contribution >= 4 is 23.4 Å². The van der Waals surface area contributed by atoms with Gasteiger partial charge in [0.2, 0.25) is 0 Å². The van der Waals surface area contributed by atoms with Gasteiger partial charge in [-0.25, -0.2) is 9.79 Å². The number of hydrogen-bond acceptors (Lipinski definition) is 5. The molecule has 2 heterocycles. The number of allylic oxidation sites excluding steroid dienone is 1. The lowest BCUT2D eigenvalue weighted by molar-refractivity contribution is -0.139. The van der Waals surface area contributed by atoms with Gasteiger partial charge in [0.05, 0.1) is 28.5 Å². The van der Waals surface area contributed by atoms with E-state index in [4.69, 9.17) is 4.74 Å². The van der Waals surface area contributed by atoms with Gasteiger partial charge in [0, 0.05) is 0 Å². The van der Waals surface area contributed by atoms with Crippen LogP contribution in [-0.4, -0.2) is 17.1 Å². The molecule has 3 aromatic rings. The van der Waals surface area contributed by atoms with E-state index in [2.05, 4.69) is 4.99 Å². The van der Waals surface area contributed by atoms with Crippen molar-refractivity contribution in [3.63, 3.8) is 0 Å². The highest BCUT2D eigenvalue weighted by Gasteiger charge is 2.33. The summed E-state index contributed by atoms with van der Waals surface area (Å²) in [4.78, 5) is 31.4. The molecule has 0 aliphatic carbocycles. The summed E-state index contributed by atoms with van der Waals surface area (Å²) >= 11 is 1.33. The maximum absolute atomic E-state index is 13.4. The number of thiazole rings is 1. The highest BCUT2D eigenvalue weighted by Crippen LogP contribution is 2.30. The first kappa shape index (κ1) is 20.0. The summed E-state index contributed by atoms with van der Waals surface area (Å²) < 4.78 is 7.49. The highest BCUT2D eigenvalue weighted by molar-refractivity contribution is 7.07. The van der Waals surface area contributed by atoms with E-state index < -0.39 is 12.0 Å². The number of hydrogen-bond donors (Lipinski definition) is 0. The SMILES string of the molecule is CCOC(=O)C1=C(C)N=c2s/c(=C/c3ccc(C)cc3)c(=O)n2C1c1ccccc1. The summed E-state index contributed by atoms with van der Waals surface area (Å²) in [5, 5.41) is 0. The average Bonchev–Trinajstić information content (AvgIpc) is 3.04. The standard InChI is InChI=1S/C24H22N2O3S/c1-4-29-23(28)20-16(3)25-24-26(21(20)18-8-6-5-7-9-18)22(27)19(30-24)14-17-12-10-15(2)11-13-17/h5-14,21H,4H2,1-3H3/b19-14+. The number of esters is 1. The minimum atomic E-state index is -0.568. The Hall–Kier alpha value is -3.25. The third-order valence-electron chi connectivity index (χ3n) is 5.01. The molecule has 0 saturated carbocycles. The molecule has 0 fully saturated rings. The molecule has 152 valence electrons. The van der Waals surface area contributed by atoms with Crippen molar-refractivity contribution in [2.45, 2.75) is 26.8 Å². The lowest BCUT2D eigenvalue weighted by atomic mass is 9.96. The Labute approximate surface area is 178 Å². The van der Waals surface area contributed by atoms with Crippen molar-refractivity contribution in [3.8, 4) is 0 Å². The van der Waals surface area contributed by atoms with Crippen LogP contribution in [-0.2, 0) is 9.53 Å². The monoisotopic (exact) mass is 418 g/mol. The Bertz CT molecular complexity index is 1300. The van der Waals surface area contributed by atoms with Crippen molar-refractivity contribution in [1.29, 1.82) is 0 Å². The van der Waals surface area contributed by atoms with Crippen LogP contribution < -0.4 is 14.9 Å². The third-order valence-corrected chi connectivity index (χ3v) is 5.99. The maximum atomic E-state index is 13.4. The molecule has 1 aliphatic rings. The van der Waals surface area contributed by atoms with Crippen molar-refractivity contribution < 1.29 is 9.53 Å².